The van der Waals surface area contributed by atoms with Gasteiger partial charge in [-0.15, -0.1) is 0 Å². The summed E-state index contributed by atoms with van der Waals surface area (Å²) < 4.78 is 10.6. The lowest BCUT2D eigenvalue weighted by atomic mass is 10.0. The zero-order valence-corrected chi connectivity index (χ0v) is 15.5. The van der Waals surface area contributed by atoms with Crippen molar-refractivity contribution in [1.82, 2.24) is 9.80 Å². The Kier molecular flexibility index (Phi) is 6.19. The molecule has 2 heterocycles. The Morgan fingerprint density at radius 3 is 2.16 bits per heavy atom. The van der Waals surface area contributed by atoms with Crippen LogP contribution in [0.2, 0.25) is 0 Å². The van der Waals surface area contributed by atoms with E-state index in [1.165, 1.54) is 38.8 Å². The molecule has 3 rings (SSSR count). The van der Waals surface area contributed by atoms with Gasteiger partial charge in [0.15, 0.2) is 11.5 Å². The summed E-state index contributed by atoms with van der Waals surface area (Å²) in [5.41, 5.74) is 0.672. The number of rotatable bonds is 4. The first-order valence-electron chi connectivity index (χ1n) is 9.48. The Morgan fingerprint density at radius 1 is 0.920 bits per heavy atom. The van der Waals surface area contributed by atoms with Crippen LogP contribution in [0.3, 0.4) is 0 Å². The maximum Gasteiger partial charge on any atom is 0.253 e. The third-order valence-corrected chi connectivity index (χ3v) is 5.54. The van der Waals surface area contributed by atoms with Gasteiger partial charge in [-0.3, -0.25) is 4.79 Å². The van der Waals surface area contributed by atoms with Crippen molar-refractivity contribution >= 4 is 5.91 Å². The molecule has 0 N–H and O–H groups in total. The average molecular weight is 346 g/mol. The number of hydrogen-bond acceptors (Lipinski definition) is 4. The molecule has 5 heteroatoms. The molecule has 2 aliphatic heterocycles. The minimum atomic E-state index is 0.0928. The Morgan fingerprint density at radius 2 is 1.56 bits per heavy atom. The van der Waals surface area contributed by atoms with E-state index < -0.39 is 0 Å². The SMILES string of the molecule is COc1ccc(C(=O)N2CCC(N3CCCCCC3)CC2)cc1OC. The molecule has 25 heavy (non-hydrogen) atoms. The molecule has 0 aromatic heterocycles. The number of amides is 1. The summed E-state index contributed by atoms with van der Waals surface area (Å²) in [6.07, 6.45) is 7.55. The predicted molar refractivity (Wildman–Crippen MR) is 98.5 cm³/mol. The van der Waals surface area contributed by atoms with Gasteiger partial charge in [0.2, 0.25) is 0 Å². The number of ether oxygens (including phenoxy) is 2. The normalized spacial score (nSPS) is 20.2. The van der Waals surface area contributed by atoms with Crippen LogP contribution in [0.1, 0.15) is 48.9 Å². The van der Waals surface area contributed by atoms with Crippen molar-refractivity contribution in [2.45, 2.75) is 44.6 Å². The Labute approximate surface area is 150 Å². The van der Waals surface area contributed by atoms with E-state index in [-0.39, 0.29) is 5.91 Å². The van der Waals surface area contributed by atoms with Crippen LogP contribution < -0.4 is 9.47 Å². The zero-order chi connectivity index (χ0) is 17.6. The third kappa shape index (κ3) is 4.27. The fourth-order valence-corrected chi connectivity index (χ4v) is 4.05. The van der Waals surface area contributed by atoms with E-state index in [1.54, 1.807) is 26.4 Å². The van der Waals surface area contributed by atoms with Crippen molar-refractivity contribution in [1.29, 1.82) is 0 Å². The Bertz CT molecular complexity index is 574. The maximum absolute atomic E-state index is 12.8. The molecule has 138 valence electrons. The van der Waals surface area contributed by atoms with E-state index >= 15 is 0 Å². The first kappa shape index (κ1) is 18.1. The average Bonchev–Trinajstić information content (AvgIpc) is 2.96. The second-order valence-electron chi connectivity index (χ2n) is 7.04. The van der Waals surface area contributed by atoms with Crippen molar-refractivity contribution in [2.24, 2.45) is 0 Å². The molecule has 2 saturated heterocycles. The molecule has 5 nitrogen and oxygen atoms in total. The quantitative estimate of drug-likeness (QED) is 0.840. The zero-order valence-electron chi connectivity index (χ0n) is 15.5. The summed E-state index contributed by atoms with van der Waals surface area (Å²) in [6, 6.07) is 6.05. The van der Waals surface area contributed by atoms with Gasteiger partial charge in [-0.2, -0.15) is 0 Å². The van der Waals surface area contributed by atoms with Crippen LogP contribution in [0.15, 0.2) is 18.2 Å². The van der Waals surface area contributed by atoms with E-state index in [0.717, 1.165) is 25.9 Å². The summed E-state index contributed by atoms with van der Waals surface area (Å²) in [4.78, 5) is 17.5. The van der Waals surface area contributed by atoms with Gasteiger partial charge in [0.05, 0.1) is 14.2 Å². The lowest BCUT2D eigenvalue weighted by molar-refractivity contribution is 0.0622. The highest BCUT2D eigenvalue weighted by Gasteiger charge is 2.28. The van der Waals surface area contributed by atoms with E-state index in [2.05, 4.69) is 4.90 Å². The lowest BCUT2D eigenvalue weighted by Crippen LogP contribution is -2.47. The molecule has 0 spiro atoms. The molecule has 0 atom stereocenters. The predicted octanol–water partition coefficient (Wildman–Crippen LogP) is 3.18. The first-order chi connectivity index (χ1) is 12.2. The Hall–Kier alpha value is -1.75. The van der Waals surface area contributed by atoms with Crippen LogP contribution in [0.5, 0.6) is 11.5 Å². The van der Waals surface area contributed by atoms with E-state index in [9.17, 15) is 4.79 Å². The minimum absolute atomic E-state index is 0.0928. The molecule has 1 aromatic carbocycles. The van der Waals surface area contributed by atoms with E-state index in [4.69, 9.17) is 9.47 Å². The van der Waals surface area contributed by atoms with Crippen LogP contribution in [0, 0.1) is 0 Å². The molecule has 2 fully saturated rings. The minimum Gasteiger partial charge on any atom is -0.493 e. The molecule has 0 unspecified atom stereocenters. The van der Waals surface area contributed by atoms with Gasteiger partial charge < -0.3 is 19.3 Å². The second-order valence-corrected chi connectivity index (χ2v) is 7.04. The molecule has 0 radical (unpaired) electrons. The Balaban J connectivity index is 1.59. The number of likely N-dealkylation sites (tertiary alicyclic amines) is 2. The lowest BCUT2D eigenvalue weighted by Gasteiger charge is -2.38. The van der Waals surface area contributed by atoms with Gasteiger partial charge in [-0.1, -0.05) is 12.8 Å². The van der Waals surface area contributed by atoms with Crippen LogP contribution in [-0.4, -0.2) is 62.1 Å². The fraction of sp³-hybridized carbons (Fsp3) is 0.650. The molecule has 1 aromatic rings. The topological polar surface area (TPSA) is 42.0 Å². The standard InChI is InChI=1S/C20H30N2O3/c1-24-18-8-7-16(15-19(18)25-2)20(23)22-13-9-17(10-14-22)21-11-5-3-4-6-12-21/h7-8,15,17H,3-6,9-14H2,1-2H3. The number of carbonyl (C=O) groups excluding carboxylic acids is 1. The van der Waals surface area contributed by atoms with Gasteiger partial charge in [0.25, 0.3) is 5.91 Å². The van der Waals surface area contributed by atoms with Gasteiger partial charge in [0, 0.05) is 24.7 Å². The molecule has 0 bridgehead atoms. The van der Waals surface area contributed by atoms with Crippen LogP contribution in [0.4, 0.5) is 0 Å². The van der Waals surface area contributed by atoms with Crippen molar-refractivity contribution in [3.63, 3.8) is 0 Å². The molecule has 1 amide bonds. The van der Waals surface area contributed by atoms with Crippen molar-refractivity contribution in [3.05, 3.63) is 23.8 Å². The fourth-order valence-electron chi connectivity index (χ4n) is 4.05. The van der Waals surface area contributed by atoms with Crippen molar-refractivity contribution in [3.8, 4) is 11.5 Å². The number of nitrogens with zero attached hydrogens (tertiary/aromatic N) is 2. The summed E-state index contributed by atoms with van der Waals surface area (Å²) in [6.45, 7) is 4.14. The summed E-state index contributed by atoms with van der Waals surface area (Å²) in [5.74, 6) is 1.35. The number of benzene rings is 1. The second kappa shape index (κ2) is 8.56. The number of hydrogen-bond donors (Lipinski definition) is 0. The molecular formula is C20H30N2O3. The highest BCUT2D eigenvalue weighted by atomic mass is 16.5. The van der Waals surface area contributed by atoms with Gasteiger partial charge >= 0.3 is 0 Å². The molecule has 2 aliphatic rings. The number of piperidine rings is 1. The van der Waals surface area contributed by atoms with Crippen LogP contribution in [0.25, 0.3) is 0 Å². The van der Waals surface area contributed by atoms with Gasteiger partial charge in [-0.05, 0) is 57.0 Å². The largest absolute Gasteiger partial charge is 0.493 e. The van der Waals surface area contributed by atoms with E-state index in [0.29, 0.717) is 23.1 Å². The summed E-state index contributed by atoms with van der Waals surface area (Å²) in [7, 11) is 3.20. The monoisotopic (exact) mass is 346 g/mol. The highest BCUT2D eigenvalue weighted by Crippen LogP contribution is 2.29. The smallest absolute Gasteiger partial charge is 0.253 e. The molecule has 0 saturated carbocycles. The van der Waals surface area contributed by atoms with Crippen molar-refractivity contribution in [2.75, 3.05) is 40.4 Å². The molecule has 0 aliphatic carbocycles. The van der Waals surface area contributed by atoms with Crippen LogP contribution in [-0.2, 0) is 0 Å². The number of carbonyl (C=O) groups is 1. The maximum atomic E-state index is 12.8. The summed E-state index contributed by atoms with van der Waals surface area (Å²) in [5, 5.41) is 0. The highest BCUT2D eigenvalue weighted by molar-refractivity contribution is 5.95. The van der Waals surface area contributed by atoms with Crippen LogP contribution >= 0.6 is 0 Å². The van der Waals surface area contributed by atoms with E-state index in [1.807, 2.05) is 11.0 Å². The first-order valence-corrected chi connectivity index (χ1v) is 9.48. The summed E-state index contributed by atoms with van der Waals surface area (Å²) >= 11 is 0. The van der Waals surface area contributed by atoms with Gasteiger partial charge in [0.1, 0.15) is 0 Å². The van der Waals surface area contributed by atoms with Gasteiger partial charge in [-0.25, -0.2) is 0 Å². The third-order valence-electron chi connectivity index (χ3n) is 5.54. The number of methoxy groups -OCH3 is 2. The van der Waals surface area contributed by atoms with Crippen molar-refractivity contribution < 1.29 is 14.3 Å². The molecular weight excluding hydrogens is 316 g/mol.